The SMILES string of the molecule is Cc1ccc(NC(=O)COc2ccc(N3C[C@H](C(=O)NCc4ccccc4)CC3=O)cc2)c(C)c1. The third kappa shape index (κ3) is 6.26. The van der Waals surface area contributed by atoms with Crippen LogP contribution in [-0.4, -0.2) is 30.9 Å². The maximum absolute atomic E-state index is 12.6. The Morgan fingerprint density at radius 2 is 1.74 bits per heavy atom. The summed E-state index contributed by atoms with van der Waals surface area (Å²) in [5.41, 5.74) is 4.59. The van der Waals surface area contributed by atoms with E-state index in [0.29, 0.717) is 24.5 Å². The summed E-state index contributed by atoms with van der Waals surface area (Å²) in [6.07, 6.45) is 0.178. The standard InChI is InChI=1S/C28H29N3O4/c1-19-8-13-25(20(2)14-19)30-26(32)18-35-24-11-9-23(10-12-24)31-17-22(15-27(31)33)28(34)29-16-21-6-4-3-5-7-21/h3-14,22H,15-18H2,1-2H3,(H,29,34)(H,30,32)/t22-/m1/s1. The first-order valence-corrected chi connectivity index (χ1v) is 11.6. The highest BCUT2D eigenvalue weighted by Crippen LogP contribution is 2.27. The summed E-state index contributed by atoms with van der Waals surface area (Å²) in [6.45, 7) is 4.59. The van der Waals surface area contributed by atoms with Crippen molar-refractivity contribution in [1.29, 1.82) is 0 Å². The van der Waals surface area contributed by atoms with Gasteiger partial charge in [0, 0.05) is 30.9 Å². The zero-order valence-electron chi connectivity index (χ0n) is 19.9. The number of carbonyl (C=O) groups excluding carboxylic acids is 3. The van der Waals surface area contributed by atoms with Gasteiger partial charge in [-0.05, 0) is 55.3 Å². The van der Waals surface area contributed by atoms with Gasteiger partial charge >= 0.3 is 0 Å². The van der Waals surface area contributed by atoms with Gasteiger partial charge in [0.25, 0.3) is 5.91 Å². The Hall–Kier alpha value is -4.13. The molecule has 3 aromatic carbocycles. The molecule has 0 aromatic heterocycles. The highest BCUT2D eigenvalue weighted by molar-refractivity contribution is 6.00. The summed E-state index contributed by atoms with van der Waals surface area (Å²) < 4.78 is 5.60. The van der Waals surface area contributed by atoms with E-state index in [-0.39, 0.29) is 30.7 Å². The molecule has 35 heavy (non-hydrogen) atoms. The molecule has 7 heteroatoms. The maximum Gasteiger partial charge on any atom is 0.262 e. The van der Waals surface area contributed by atoms with Gasteiger partial charge < -0.3 is 20.3 Å². The average Bonchev–Trinajstić information content (AvgIpc) is 3.25. The minimum absolute atomic E-state index is 0.0913. The molecule has 1 aliphatic rings. The van der Waals surface area contributed by atoms with Crippen molar-refractivity contribution in [1.82, 2.24) is 5.32 Å². The van der Waals surface area contributed by atoms with Crippen LogP contribution in [-0.2, 0) is 20.9 Å². The number of hydrogen-bond donors (Lipinski definition) is 2. The van der Waals surface area contributed by atoms with Crippen LogP contribution in [0.4, 0.5) is 11.4 Å². The van der Waals surface area contributed by atoms with E-state index >= 15 is 0 Å². The van der Waals surface area contributed by atoms with Gasteiger partial charge in [-0.2, -0.15) is 0 Å². The molecular formula is C28H29N3O4. The Balaban J connectivity index is 1.27. The Labute approximate surface area is 205 Å². The van der Waals surface area contributed by atoms with Crippen LogP contribution in [0.3, 0.4) is 0 Å². The Morgan fingerprint density at radius 1 is 1.00 bits per heavy atom. The number of anilines is 2. The van der Waals surface area contributed by atoms with Gasteiger partial charge in [-0.15, -0.1) is 0 Å². The van der Waals surface area contributed by atoms with Crippen molar-refractivity contribution >= 4 is 29.1 Å². The van der Waals surface area contributed by atoms with Crippen LogP contribution in [0.5, 0.6) is 5.75 Å². The summed E-state index contributed by atoms with van der Waals surface area (Å²) in [5, 5.41) is 5.77. The molecule has 0 bridgehead atoms. The van der Waals surface area contributed by atoms with Crippen molar-refractivity contribution in [3.8, 4) is 5.75 Å². The fourth-order valence-corrected chi connectivity index (χ4v) is 4.07. The second kappa shape index (κ2) is 10.9. The number of ether oxygens (including phenoxy) is 1. The van der Waals surface area contributed by atoms with Gasteiger partial charge in [-0.25, -0.2) is 0 Å². The number of hydrogen-bond acceptors (Lipinski definition) is 4. The monoisotopic (exact) mass is 471 g/mol. The van der Waals surface area contributed by atoms with Crippen LogP contribution < -0.4 is 20.3 Å². The highest BCUT2D eigenvalue weighted by atomic mass is 16.5. The molecule has 2 N–H and O–H groups in total. The van der Waals surface area contributed by atoms with Crippen molar-refractivity contribution in [3.05, 3.63) is 89.5 Å². The Morgan fingerprint density at radius 3 is 2.46 bits per heavy atom. The molecule has 1 saturated heterocycles. The smallest absolute Gasteiger partial charge is 0.262 e. The molecule has 7 nitrogen and oxygen atoms in total. The van der Waals surface area contributed by atoms with E-state index in [1.54, 1.807) is 29.2 Å². The van der Waals surface area contributed by atoms with Crippen LogP contribution in [0.2, 0.25) is 0 Å². The van der Waals surface area contributed by atoms with E-state index in [1.165, 1.54) is 0 Å². The van der Waals surface area contributed by atoms with Crippen molar-refractivity contribution in [3.63, 3.8) is 0 Å². The first-order valence-electron chi connectivity index (χ1n) is 11.6. The maximum atomic E-state index is 12.6. The van der Waals surface area contributed by atoms with E-state index in [1.807, 2.05) is 62.4 Å². The molecule has 1 fully saturated rings. The van der Waals surface area contributed by atoms with Crippen molar-refractivity contribution in [2.24, 2.45) is 5.92 Å². The van der Waals surface area contributed by atoms with Gasteiger partial charge in [0.15, 0.2) is 6.61 Å². The third-order valence-electron chi connectivity index (χ3n) is 5.98. The number of nitrogens with one attached hydrogen (secondary N) is 2. The van der Waals surface area contributed by atoms with Crippen molar-refractivity contribution < 1.29 is 19.1 Å². The van der Waals surface area contributed by atoms with E-state index in [2.05, 4.69) is 10.6 Å². The lowest BCUT2D eigenvalue weighted by Gasteiger charge is -2.17. The fraction of sp³-hybridized carbons (Fsp3) is 0.250. The molecule has 0 radical (unpaired) electrons. The molecule has 0 saturated carbocycles. The van der Waals surface area contributed by atoms with E-state index < -0.39 is 5.92 Å². The summed E-state index contributed by atoms with van der Waals surface area (Å²) in [4.78, 5) is 39.0. The number of benzene rings is 3. The second-order valence-corrected chi connectivity index (χ2v) is 8.76. The van der Waals surface area contributed by atoms with E-state index in [0.717, 1.165) is 22.4 Å². The van der Waals surface area contributed by atoms with Crippen LogP contribution in [0, 0.1) is 19.8 Å². The van der Waals surface area contributed by atoms with Crippen LogP contribution in [0.15, 0.2) is 72.8 Å². The molecule has 0 aliphatic carbocycles. The lowest BCUT2D eigenvalue weighted by Crippen LogP contribution is -2.32. The summed E-state index contributed by atoms with van der Waals surface area (Å²) >= 11 is 0. The van der Waals surface area contributed by atoms with E-state index in [4.69, 9.17) is 4.74 Å². The molecule has 0 unspecified atom stereocenters. The number of nitrogens with zero attached hydrogens (tertiary/aromatic N) is 1. The highest BCUT2D eigenvalue weighted by Gasteiger charge is 2.35. The number of carbonyl (C=O) groups is 3. The predicted molar refractivity (Wildman–Crippen MR) is 135 cm³/mol. The van der Waals surface area contributed by atoms with Gasteiger partial charge in [0.05, 0.1) is 5.92 Å². The van der Waals surface area contributed by atoms with Crippen molar-refractivity contribution in [2.75, 3.05) is 23.4 Å². The lowest BCUT2D eigenvalue weighted by atomic mass is 10.1. The van der Waals surface area contributed by atoms with Crippen LogP contribution in [0.1, 0.15) is 23.1 Å². The summed E-state index contributed by atoms with van der Waals surface area (Å²) in [7, 11) is 0. The molecule has 1 aliphatic heterocycles. The van der Waals surface area contributed by atoms with Gasteiger partial charge in [-0.1, -0.05) is 48.0 Å². The Kier molecular flexibility index (Phi) is 7.45. The minimum atomic E-state index is -0.393. The van der Waals surface area contributed by atoms with Crippen LogP contribution in [0.25, 0.3) is 0 Å². The molecular weight excluding hydrogens is 442 g/mol. The van der Waals surface area contributed by atoms with Gasteiger partial charge in [0.1, 0.15) is 5.75 Å². The largest absolute Gasteiger partial charge is 0.484 e. The zero-order valence-corrected chi connectivity index (χ0v) is 19.9. The summed E-state index contributed by atoms with van der Waals surface area (Å²) in [6, 6.07) is 22.5. The molecule has 1 atom stereocenters. The quantitative estimate of drug-likeness (QED) is 0.520. The van der Waals surface area contributed by atoms with Crippen molar-refractivity contribution in [2.45, 2.75) is 26.8 Å². The fourth-order valence-electron chi connectivity index (χ4n) is 4.07. The molecule has 0 spiro atoms. The normalized spacial score (nSPS) is 15.1. The second-order valence-electron chi connectivity index (χ2n) is 8.76. The molecule has 1 heterocycles. The van der Waals surface area contributed by atoms with Gasteiger partial charge in [-0.3, -0.25) is 14.4 Å². The number of aryl methyl sites for hydroxylation is 2. The topological polar surface area (TPSA) is 87.7 Å². The lowest BCUT2D eigenvalue weighted by molar-refractivity contribution is -0.126. The number of rotatable bonds is 8. The summed E-state index contributed by atoms with van der Waals surface area (Å²) in [5.74, 6) is -0.338. The third-order valence-corrected chi connectivity index (χ3v) is 5.98. The zero-order chi connectivity index (χ0) is 24.8. The molecule has 180 valence electrons. The Bertz CT molecular complexity index is 1210. The van der Waals surface area contributed by atoms with Gasteiger partial charge in [0.2, 0.25) is 11.8 Å². The first kappa shape index (κ1) is 24.0. The molecule has 3 aromatic rings. The average molecular weight is 472 g/mol. The first-order chi connectivity index (χ1) is 16.9. The number of amides is 3. The molecule has 4 rings (SSSR count). The van der Waals surface area contributed by atoms with E-state index in [9.17, 15) is 14.4 Å². The molecule has 3 amide bonds. The predicted octanol–water partition coefficient (Wildman–Crippen LogP) is 3.99. The minimum Gasteiger partial charge on any atom is -0.484 e. The van der Waals surface area contributed by atoms with Crippen LogP contribution >= 0.6 is 0 Å².